The first kappa shape index (κ1) is 17.1. The Bertz CT molecular complexity index is 468. The van der Waals surface area contributed by atoms with Crippen molar-refractivity contribution >= 4 is 34.8 Å². The molecule has 1 aliphatic heterocycles. The van der Waals surface area contributed by atoms with E-state index in [1.807, 2.05) is 6.92 Å². The van der Waals surface area contributed by atoms with Crippen molar-refractivity contribution < 1.29 is 18.0 Å². The fourth-order valence-electron chi connectivity index (χ4n) is 1.97. The number of amides is 1. The Morgan fingerprint density at radius 2 is 2.15 bits per heavy atom. The Balaban J connectivity index is 0.00000200. The maximum absolute atomic E-state index is 12.3. The van der Waals surface area contributed by atoms with Gasteiger partial charge in [0, 0.05) is 12.0 Å². The number of halogens is 4. The second-order valence-electron chi connectivity index (χ2n) is 4.48. The minimum absolute atomic E-state index is 0. The molecule has 20 heavy (non-hydrogen) atoms. The molecule has 10 heteroatoms. The number of rotatable bonds is 2. The van der Waals surface area contributed by atoms with Crippen LogP contribution in [-0.4, -0.2) is 28.7 Å². The van der Waals surface area contributed by atoms with E-state index in [0.29, 0.717) is 24.2 Å². The second kappa shape index (κ2) is 6.68. The third kappa shape index (κ3) is 4.29. The number of hydrogen-bond acceptors (Lipinski definition) is 5. The van der Waals surface area contributed by atoms with Gasteiger partial charge in [-0.05, 0) is 26.3 Å². The molecule has 0 unspecified atom stereocenters. The van der Waals surface area contributed by atoms with Gasteiger partial charge in [-0.3, -0.25) is 4.79 Å². The number of nitrogens with one attached hydrogen (secondary N) is 2. The Morgan fingerprint density at radius 1 is 1.45 bits per heavy atom. The van der Waals surface area contributed by atoms with Crippen LogP contribution in [0.3, 0.4) is 0 Å². The maximum Gasteiger partial charge on any atom is 0.445 e. The molecule has 1 aliphatic rings. The van der Waals surface area contributed by atoms with Gasteiger partial charge in [0.15, 0.2) is 0 Å². The zero-order valence-electron chi connectivity index (χ0n) is 10.5. The number of piperidine rings is 1. The highest BCUT2D eigenvalue weighted by Crippen LogP contribution is 2.33. The highest BCUT2D eigenvalue weighted by atomic mass is 35.5. The quantitative estimate of drug-likeness (QED) is 0.873. The van der Waals surface area contributed by atoms with E-state index in [2.05, 4.69) is 20.8 Å². The van der Waals surface area contributed by atoms with Crippen molar-refractivity contribution in [1.29, 1.82) is 0 Å². The molecule has 2 N–H and O–H groups in total. The molecule has 0 saturated carbocycles. The molecule has 1 saturated heterocycles. The van der Waals surface area contributed by atoms with Gasteiger partial charge in [0.1, 0.15) is 0 Å². The number of aromatic nitrogens is 2. The van der Waals surface area contributed by atoms with Gasteiger partial charge in [-0.25, -0.2) is 0 Å². The number of anilines is 1. The molecule has 2 rings (SSSR count). The fourth-order valence-corrected chi connectivity index (χ4v) is 2.58. The smallest absolute Gasteiger partial charge is 0.314 e. The van der Waals surface area contributed by atoms with Gasteiger partial charge in [0.2, 0.25) is 16.0 Å². The molecule has 1 aromatic heterocycles. The summed E-state index contributed by atoms with van der Waals surface area (Å²) in [7, 11) is 0. The van der Waals surface area contributed by atoms with E-state index in [1.165, 1.54) is 0 Å². The zero-order chi connectivity index (χ0) is 14.0. The van der Waals surface area contributed by atoms with Crippen molar-refractivity contribution in [3.8, 4) is 0 Å². The highest BCUT2D eigenvalue weighted by Gasteiger charge is 2.36. The molecule has 1 fully saturated rings. The first-order chi connectivity index (χ1) is 8.86. The van der Waals surface area contributed by atoms with Gasteiger partial charge >= 0.3 is 6.18 Å². The molecular weight excluding hydrogens is 317 g/mol. The van der Waals surface area contributed by atoms with Crippen molar-refractivity contribution in [2.45, 2.75) is 32.0 Å². The molecule has 5 nitrogen and oxygen atoms in total. The summed E-state index contributed by atoms with van der Waals surface area (Å²) in [5.74, 6) is -0.493. The molecule has 114 valence electrons. The van der Waals surface area contributed by atoms with Crippen molar-refractivity contribution in [3.63, 3.8) is 0 Å². The molecule has 0 spiro atoms. The Labute approximate surface area is 123 Å². The lowest BCUT2D eigenvalue weighted by Gasteiger charge is -2.26. The van der Waals surface area contributed by atoms with Crippen molar-refractivity contribution in [2.75, 3.05) is 11.9 Å². The van der Waals surface area contributed by atoms with Crippen LogP contribution in [0.25, 0.3) is 0 Å². The number of nitrogens with zero attached hydrogens (tertiary/aromatic N) is 2. The number of hydrogen-bond donors (Lipinski definition) is 2. The molecule has 0 bridgehead atoms. The zero-order valence-corrected chi connectivity index (χ0v) is 12.2. The molecule has 1 amide bonds. The van der Waals surface area contributed by atoms with E-state index >= 15 is 0 Å². The molecular formula is C10H14ClF3N4OS. The fraction of sp³-hybridized carbons (Fsp3) is 0.700. The number of carbonyl (C=O) groups is 1. The Morgan fingerprint density at radius 3 is 2.70 bits per heavy atom. The van der Waals surface area contributed by atoms with Crippen LogP contribution in [-0.2, 0) is 11.0 Å². The minimum Gasteiger partial charge on any atom is -0.314 e. The largest absolute Gasteiger partial charge is 0.445 e. The van der Waals surface area contributed by atoms with E-state index in [9.17, 15) is 18.0 Å². The molecule has 2 heterocycles. The standard InChI is InChI=1S/C10H13F3N4OS.ClH/c1-5-4-6(2-3-14-5)7(18)15-9-17-16-8(19-9)10(11,12)13;/h5-6,14H,2-4H2,1H3,(H,15,17,18);1H/t5-,6-;/m0./s1. The van der Waals surface area contributed by atoms with Gasteiger partial charge in [-0.15, -0.1) is 22.6 Å². The average Bonchev–Trinajstić information content (AvgIpc) is 2.77. The molecule has 2 atom stereocenters. The van der Waals surface area contributed by atoms with Crippen LogP contribution in [0.5, 0.6) is 0 Å². The summed E-state index contributed by atoms with van der Waals surface area (Å²) in [6.07, 6.45) is -3.19. The lowest BCUT2D eigenvalue weighted by atomic mass is 9.93. The van der Waals surface area contributed by atoms with Crippen molar-refractivity contribution in [1.82, 2.24) is 15.5 Å². The summed E-state index contributed by atoms with van der Waals surface area (Å²) in [5, 5.41) is 10.8. The van der Waals surface area contributed by atoms with Gasteiger partial charge in [0.05, 0.1) is 0 Å². The average molecular weight is 331 g/mol. The van der Waals surface area contributed by atoms with Crippen LogP contribution < -0.4 is 10.6 Å². The molecule has 1 aromatic rings. The van der Waals surface area contributed by atoms with E-state index in [-0.39, 0.29) is 35.4 Å². The van der Waals surface area contributed by atoms with Gasteiger partial charge in [-0.2, -0.15) is 13.2 Å². The predicted molar refractivity (Wildman–Crippen MR) is 71.0 cm³/mol. The molecule has 0 aromatic carbocycles. The summed E-state index contributed by atoms with van der Waals surface area (Å²) in [6.45, 7) is 2.69. The lowest BCUT2D eigenvalue weighted by molar-refractivity contribution is -0.138. The number of alkyl halides is 3. The van der Waals surface area contributed by atoms with Gasteiger partial charge in [0.25, 0.3) is 0 Å². The van der Waals surface area contributed by atoms with E-state index in [4.69, 9.17) is 0 Å². The lowest BCUT2D eigenvalue weighted by Crippen LogP contribution is -2.40. The summed E-state index contributed by atoms with van der Waals surface area (Å²) < 4.78 is 37.0. The summed E-state index contributed by atoms with van der Waals surface area (Å²) in [4.78, 5) is 11.9. The Hall–Kier alpha value is -0.930. The third-order valence-corrected chi connectivity index (χ3v) is 3.78. The van der Waals surface area contributed by atoms with Crippen molar-refractivity contribution in [2.24, 2.45) is 5.92 Å². The first-order valence-electron chi connectivity index (χ1n) is 5.81. The van der Waals surface area contributed by atoms with Gasteiger partial charge < -0.3 is 10.6 Å². The van der Waals surface area contributed by atoms with Crippen LogP contribution >= 0.6 is 23.7 Å². The van der Waals surface area contributed by atoms with Crippen molar-refractivity contribution in [3.05, 3.63) is 5.01 Å². The summed E-state index contributed by atoms with van der Waals surface area (Å²) >= 11 is 0.338. The first-order valence-corrected chi connectivity index (χ1v) is 6.63. The Kier molecular flexibility index (Phi) is 5.72. The monoisotopic (exact) mass is 330 g/mol. The van der Waals surface area contributed by atoms with Crippen LogP contribution in [0.1, 0.15) is 24.8 Å². The summed E-state index contributed by atoms with van der Waals surface area (Å²) in [6, 6.07) is 0.227. The minimum atomic E-state index is -4.52. The SMILES string of the molecule is C[C@H]1C[C@@H](C(=O)Nc2nnc(C(F)(F)F)s2)CCN1.Cl. The van der Waals surface area contributed by atoms with Crippen LogP contribution in [0.2, 0.25) is 0 Å². The molecule has 0 aliphatic carbocycles. The van der Waals surface area contributed by atoms with Crippen LogP contribution in [0.15, 0.2) is 0 Å². The maximum atomic E-state index is 12.3. The number of carbonyl (C=O) groups excluding carboxylic acids is 1. The third-order valence-electron chi connectivity index (χ3n) is 2.89. The normalized spacial score (nSPS) is 23.0. The summed E-state index contributed by atoms with van der Waals surface area (Å²) in [5.41, 5.74) is 0. The van der Waals surface area contributed by atoms with E-state index in [0.717, 1.165) is 6.54 Å². The van der Waals surface area contributed by atoms with Crippen LogP contribution in [0.4, 0.5) is 18.3 Å². The second-order valence-corrected chi connectivity index (χ2v) is 5.45. The van der Waals surface area contributed by atoms with Gasteiger partial charge in [-0.1, -0.05) is 11.3 Å². The molecule has 0 radical (unpaired) electrons. The highest BCUT2D eigenvalue weighted by molar-refractivity contribution is 7.15. The van der Waals surface area contributed by atoms with E-state index in [1.54, 1.807) is 0 Å². The van der Waals surface area contributed by atoms with Crippen LogP contribution in [0, 0.1) is 5.92 Å². The topological polar surface area (TPSA) is 66.9 Å². The predicted octanol–water partition coefficient (Wildman–Crippen LogP) is 2.31. The van der Waals surface area contributed by atoms with E-state index < -0.39 is 11.2 Å².